The van der Waals surface area contributed by atoms with E-state index >= 15 is 0 Å². The molecule has 0 unspecified atom stereocenters. The van der Waals surface area contributed by atoms with E-state index in [1.807, 2.05) is 0 Å². The Morgan fingerprint density at radius 3 is 2.63 bits per heavy atom. The molecule has 0 bridgehead atoms. The molecule has 1 aliphatic heterocycles. The maximum absolute atomic E-state index is 12.4. The van der Waals surface area contributed by atoms with E-state index in [1.165, 1.54) is 23.4 Å². The highest BCUT2D eigenvalue weighted by atomic mass is 16.5. The van der Waals surface area contributed by atoms with E-state index in [-0.39, 0.29) is 36.2 Å². The highest BCUT2D eigenvalue weighted by Crippen LogP contribution is 2.56. The fraction of sp³-hybridized carbons (Fsp3) is 0.389. The summed E-state index contributed by atoms with van der Waals surface area (Å²) >= 11 is 0. The van der Waals surface area contributed by atoms with Crippen molar-refractivity contribution in [2.75, 3.05) is 13.1 Å². The molecule has 2 aliphatic rings. The lowest BCUT2D eigenvalue weighted by Gasteiger charge is -2.40. The summed E-state index contributed by atoms with van der Waals surface area (Å²) < 4.78 is 5.71. The smallest absolute Gasteiger partial charge is 0.455 e. The molecule has 12 heteroatoms. The van der Waals surface area contributed by atoms with Crippen LogP contribution >= 0.6 is 0 Å². The van der Waals surface area contributed by atoms with Crippen LogP contribution in [0.1, 0.15) is 40.0 Å². The van der Waals surface area contributed by atoms with E-state index in [1.54, 1.807) is 6.20 Å². The molecule has 1 aromatic heterocycles. The van der Waals surface area contributed by atoms with Gasteiger partial charge in [0.1, 0.15) is 29.2 Å². The maximum Gasteiger partial charge on any atom is 0.455 e. The lowest BCUT2D eigenvalue weighted by Crippen LogP contribution is -2.58. The number of aromatic hydroxyl groups is 1. The van der Waals surface area contributed by atoms with E-state index in [9.17, 15) is 29.9 Å². The van der Waals surface area contributed by atoms with Gasteiger partial charge in [0.05, 0.1) is 25.1 Å². The number of phenols is 1. The van der Waals surface area contributed by atoms with Gasteiger partial charge in [-0.25, -0.2) is 9.78 Å². The average molecular weight is 416 g/mol. The summed E-state index contributed by atoms with van der Waals surface area (Å²) in [5.74, 6) is -2.90. The Morgan fingerprint density at radius 2 is 2.07 bits per heavy atom. The molecular formula is C18H21BN4O7. The second-order valence-corrected chi connectivity index (χ2v) is 7.56. The maximum atomic E-state index is 12.4. The molecule has 7 N–H and O–H groups in total. The van der Waals surface area contributed by atoms with Gasteiger partial charge in [-0.05, 0) is 24.0 Å². The zero-order valence-corrected chi connectivity index (χ0v) is 15.8. The predicted octanol–water partition coefficient (Wildman–Crippen LogP) is -0.567. The number of aromatic carboxylic acids is 1. The fourth-order valence-electron chi connectivity index (χ4n) is 3.73. The first-order valence-corrected chi connectivity index (χ1v) is 9.43. The minimum atomic E-state index is -1.52. The molecule has 11 nitrogen and oxygen atoms in total. The summed E-state index contributed by atoms with van der Waals surface area (Å²) in [6.07, 6.45) is 2.97. The molecule has 1 aliphatic carbocycles. The number of ether oxygens (including phenoxy) is 1. The Labute approximate surface area is 171 Å². The van der Waals surface area contributed by atoms with Crippen LogP contribution in [0.2, 0.25) is 5.82 Å². The Balaban J connectivity index is 1.42. The van der Waals surface area contributed by atoms with Gasteiger partial charge in [0.15, 0.2) is 0 Å². The highest BCUT2D eigenvalue weighted by Gasteiger charge is 2.48. The molecule has 0 spiro atoms. The van der Waals surface area contributed by atoms with Crippen molar-refractivity contribution >= 4 is 19.0 Å². The van der Waals surface area contributed by atoms with Crippen LogP contribution in [0.3, 0.4) is 0 Å². The summed E-state index contributed by atoms with van der Waals surface area (Å²) in [5.41, 5.74) is 6.27. The summed E-state index contributed by atoms with van der Waals surface area (Å²) in [4.78, 5) is 32.3. The van der Waals surface area contributed by atoms with Crippen LogP contribution in [0.4, 0.5) is 0 Å². The Hall–Kier alpha value is -3.09. The first-order valence-electron chi connectivity index (χ1n) is 9.43. The summed E-state index contributed by atoms with van der Waals surface area (Å²) in [7, 11) is -1.52. The SMILES string of the molecule is N[C@@H](C(=O)N1CC(Oc2ccc([C@H]3C[C@H]3B(O)O)c(O)c2C(=O)O)C1)c1c[nH]cn1. The molecular weight excluding hydrogens is 395 g/mol. The molecule has 2 aromatic rings. The predicted molar refractivity (Wildman–Crippen MR) is 103 cm³/mol. The average Bonchev–Trinajstić information content (AvgIpc) is 3.27. The summed E-state index contributed by atoms with van der Waals surface area (Å²) in [5, 5.41) is 38.5. The van der Waals surface area contributed by atoms with Crippen molar-refractivity contribution in [2.24, 2.45) is 5.73 Å². The number of nitrogens with one attached hydrogen (secondary N) is 1. The topological polar surface area (TPSA) is 182 Å². The van der Waals surface area contributed by atoms with Crippen LogP contribution in [0.5, 0.6) is 11.5 Å². The lowest BCUT2D eigenvalue weighted by atomic mass is 9.81. The molecule has 1 amide bonds. The largest absolute Gasteiger partial charge is 0.507 e. The van der Waals surface area contributed by atoms with Crippen molar-refractivity contribution < 1.29 is 34.6 Å². The number of carbonyl (C=O) groups excluding carboxylic acids is 1. The second-order valence-electron chi connectivity index (χ2n) is 7.56. The van der Waals surface area contributed by atoms with Crippen LogP contribution in [0, 0.1) is 0 Å². The fourth-order valence-corrected chi connectivity index (χ4v) is 3.73. The molecule has 1 saturated heterocycles. The molecule has 0 radical (unpaired) electrons. The van der Waals surface area contributed by atoms with Gasteiger partial charge in [0, 0.05) is 12.0 Å². The monoisotopic (exact) mass is 416 g/mol. The Kier molecular flexibility index (Phi) is 5.14. The number of benzene rings is 1. The number of amides is 1. The molecule has 30 heavy (non-hydrogen) atoms. The number of aromatic nitrogens is 2. The van der Waals surface area contributed by atoms with Gasteiger partial charge in [-0.2, -0.15) is 0 Å². The third-order valence-corrected chi connectivity index (χ3v) is 5.56. The third-order valence-electron chi connectivity index (χ3n) is 5.56. The minimum Gasteiger partial charge on any atom is -0.507 e. The number of carbonyl (C=O) groups is 2. The van der Waals surface area contributed by atoms with Gasteiger partial charge >= 0.3 is 13.1 Å². The third kappa shape index (κ3) is 3.60. The Bertz CT molecular complexity index is 962. The molecule has 2 fully saturated rings. The number of nitrogens with two attached hydrogens (primary N) is 1. The minimum absolute atomic E-state index is 0.0146. The van der Waals surface area contributed by atoms with E-state index in [0.717, 1.165) is 0 Å². The number of aromatic amines is 1. The first kappa shape index (κ1) is 20.2. The second kappa shape index (κ2) is 7.63. The van der Waals surface area contributed by atoms with Crippen LogP contribution in [-0.2, 0) is 4.79 Å². The zero-order valence-electron chi connectivity index (χ0n) is 15.8. The van der Waals surface area contributed by atoms with Gasteiger partial charge in [-0.1, -0.05) is 6.07 Å². The number of hydrogen-bond acceptors (Lipinski definition) is 8. The quantitative estimate of drug-likeness (QED) is 0.322. The van der Waals surface area contributed by atoms with Crippen LogP contribution in [0.25, 0.3) is 0 Å². The van der Waals surface area contributed by atoms with Gasteiger partial charge in [-0.15, -0.1) is 0 Å². The number of imidazole rings is 1. The van der Waals surface area contributed by atoms with Gasteiger partial charge < -0.3 is 40.6 Å². The molecule has 4 rings (SSSR count). The van der Waals surface area contributed by atoms with Crippen LogP contribution in [0.15, 0.2) is 24.7 Å². The van der Waals surface area contributed by atoms with Gasteiger partial charge in [0.2, 0.25) is 5.91 Å². The van der Waals surface area contributed by atoms with Crippen LogP contribution in [-0.4, -0.2) is 73.3 Å². The summed E-state index contributed by atoms with van der Waals surface area (Å²) in [6.45, 7) is 0.444. The highest BCUT2D eigenvalue weighted by molar-refractivity contribution is 6.44. The number of carboxylic acids is 1. The van der Waals surface area contributed by atoms with Crippen molar-refractivity contribution in [3.63, 3.8) is 0 Å². The van der Waals surface area contributed by atoms with Crippen molar-refractivity contribution in [2.45, 2.75) is 30.3 Å². The van der Waals surface area contributed by atoms with E-state index < -0.39 is 36.8 Å². The van der Waals surface area contributed by atoms with Crippen LogP contribution < -0.4 is 10.5 Å². The number of likely N-dealkylation sites (tertiary alicyclic amines) is 1. The molecule has 1 saturated carbocycles. The standard InChI is InChI=1S/C18H21BN4O7/c20-15(12-4-21-7-22-12)17(25)23-5-8(6-23)30-13-2-1-9(10-3-11(10)19(28)29)16(24)14(13)18(26)27/h1-2,4,7-8,10-11,15,24,28-29H,3,5-6,20H2,(H,21,22)(H,26,27)/t10-,11-,15-/m1/s1. The Morgan fingerprint density at radius 1 is 1.33 bits per heavy atom. The molecule has 2 heterocycles. The molecule has 158 valence electrons. The number of H-pyrrole nitrogens is 1. The number of nitrogens with zero attached hydrogens (tertiary/aromatic N) is 2. The zero-order chi connectivity index (χ0) is 21.6. The van der Waals surface area contributed by atoms with Crippen molar-refractivity contribution in [1.82, 2.24) is 14.9 Å². The molecule has 3 atom stereocenters. The van der Waals surface area contributed by atoms with E-state index in [4.69, 9.17) is 10.5 Å². The van der Waals surface area contributed by atoms with Crippen molar-refractivity contribution in [1.29, 1.82) is 0 Å². The van der Waals surface area contributed by atoms with E-state index in [0.29, 0.717) is 17.7 Å². The summed E-state index contributed by atoms with van der Waals surface area (Å²) in [6, 6.07) is 2.07. The van der Waals surface area contributed by atoms with E-state index in [2.05, 4.69) is 9.97 Å². The number of carboxylic acid groups (broad SMARTS) is 1. The normalized spacial score (nSPS) is 21.6. The number of hydrogen-bond donors (Lipinski definition) is 6. The van der Waals surface area contributed by atoms with Crippen molar-refractivity contribution in [3.05, 3.63) is 41.5 Å². The number of rotatable bonds is 7. The van der Waals surface area contributed by atoms with Gasteiger partial charge in [-0.3, -0.25) is 4.79 Å². The molecule has 1 aromatic carbocycles. The first-order chi connectivity index (χ1) is 14.3. The van der Waals surface area contributed by atoms with Gasteiger partial charge in [0.25, 0.3) is 0 Å². The van der Waals surface area contributed by atoms with Crippen molar-refractivity contribution in [3.8, 4) is 11.5 Å². The lowest BCUT2D eigenvalue weighted by molar-refractivity contribution is -0.141.